The highest BCUT2D eigenvalue weighted by atomic mass is 16.6. The molecule has 0 aliphatic heterocycles. The van der Waals surface area contributed by atoms with Crippen molar-refractivity contribution >= 4 is 5.69 Å². The van der Waals surface area contributed by atoms with Crippen molar-refractivity contribution in [1.82, 2.24) is 4.90 Å². The van der Waals surface area contributed by atoms with E-state index in [0.717, 1.165) is 18.5 Å². The molecule has 1 aromatic rings. The molecule has 0 saturated heterocycles. The summed E-state index contributed by atoms with van der Waals surface area (Å²) in [6.07, 6.45) is 0.888. The minimum Gasteiger partial charge on any atom is -0.327 e. The van der Waals surface area contributed by atoms with Crippen LogP contribution in [0.1, 0.15) is 38.8 Å². The third-order valence-corrected chi connectivity index (χ3v) is 3.92. The Balaban J connectivity index is 2.74. The van der Waals surface area contributed by atoms with E-state index in [4.69, 9.17) is 5.73 Å². The van der Waals surface area contributed by atoms with Gasteiger partial charge in [-0.15, -0.1) is 0 Å². The van der Waals surface area contributed by atoms with Crippen LogP contribution in [-0.2, 0) is 0 Å². The highest BCUT2D eigenvalue weighted by Gasteiger charge is 2.21. The lowest BCUT2D eigenvalue weighted by atomic mass is 10.0. The highest BCUT2D eigenvalue weighted by molar-refractivity contribution is 5.41. The number of nitro benzene ring substituents is 1. The largest absolute Gasteiger partial charge is 0.327 e. The van der Waals surface area contributed by atoms with E-state index in [-0.39, 0.29) is 22.7 Å². The molecule has 5 nitrogen and oxygen atoms in total. The van der Waals surface area contributed by atoms with Crippen molar-refractivity contribution in [1.29, 1.82) is 0 Å². The lowest BCUT2D eigenvalue weighted by Gasteiger charge is -2.27. The van der Waals surface area contributed by atoms with Gasteiger partial charge >= 0.3 is 0 Å². The van der Waals surface area contributed by atoms with E-state index >= 15 is 0 Å². The van der Waals surface area contributed by atoms with Gasteiger partial charge in [0.05, 0.1) is 4.92 Å². The van der Waals surface area contributed by atoms with Crippen LogP contribution in [0.4, 0.5) is 5.69 Å². The summed E-state index contributed by atoms with van der Waals surface area (Å²) < 4.78 is 0. The summed E-state index contributed by atoms with van der Waals surface area (Å²) in [6, 6.07) is 7.07. The van der Waals surface area contributed by atoms with Crippen LogP contribution < -0.4 is 5.73 Å². The van der Waals surface area contributed by atoms with Gasteiger partial charge in [0.25, 0.3) is 5.69 Å². The predicted molar refractivity (Wildman–Crippen MR) is 81.6 cm³/mol. The number of hydrogen-bond acceptors (Lipinski definition) is 4. The summed E-state index contributed by atoms with van der Waals surface area (Å²) in [5.41, 5.74) is 6.98. The number of nitrogens with zero attached hydrogens (tertiary/aromatic N) is 2. The Labute approximate surface area is 120 Å². The van der Waals surface area contributed by atoms with Crippen LogP contribution in [0.15, 0.2) is 24.3 Å². The van der Waals surface area contributed by atoms with Crippen LogP contribution in [-0.4, -0.2) is 29.5 Å². The number of hydrogen-bond donors (Lipinski definition) is 1. The van der Waals surface area contributed by atoms with Gasteiger partial charge < -0.3 is 5.73 Å². The number of nitro groups is 1. The molecule has 0 heterocycles. The second-order valence-electron chi connectivity index (χ2n) is 5.67. The quantitative estimate of drug-likeness (QED) is 0.615. The average molecular weight is 279 g/mol. The van der Waals surface area contributed by atoms with Gasteiger partial charge in [0, 0.05) is 23.7 Å². The molecule has 0 aromatic heterocycles. The Bertz CT molecular complexity index is 448. The Morgan fingerprint density at radius 2 is 1.90 bits per heavy atom. The first-order valence-electron chi connectivity index (χ1n) is 7.03. The van der Waals surface area contributed by atoms with Crippen molar-refractivity contribution in [2.45, 2.75) is 39.3 Å². The zero-order chi connectivity index (χ0) is 15.3. The second kappa shape index (κ2) is 7.36. The minimum atomic E-state index is -0.320. The van der Waals surface area contributed by atoms with E-state index in [0.29, 0.717) is 5.92 Å². The van der Waals surface area contributed by atoms with Crippen LogP contribution in [0.2, 0.25) is 0 Å². The Hall–Kier alpha value is -1.46. The topological polar surface area (TPSA) is 72.4 Å². The molecule has 0 aliphatic rings. The molecule has 0 aliphatic carbocycles. The Morgan fingerprint density at radius 3 is 2.45 bits per heavy atom. The van der Waals surface area contributed by atoms with Crippen molar-refractivity contribution in [2.24, 2.45) is 11.7 Å². The van der Waals surface area contributed by atoms with Crippen LogP contribution in [0.25, 0.3) is 0 Å². The van der Waals surface area contributed by atoms with Gasteiger partial charge in [0.15, 0.2) is 0 Å². The van der Waals surface area contributed by atoms with Crippen molar-refractivity contribution in [2.75, 3.05) is 13.6 Å². The van der Waals surface area contributed by atoms with E-state index in [1.54, 1.807) is 12.1 Å². The molecule has 1 rings (SSSR count). The van der Waals surface area contributed by atoms with Gasteiger partial charge in [-0.05, 0) is 32.9 Å². The van der Waals surface area contributed by atoms with E-state index in [2.05, 4.69) is 18.7 Å². The highest BCUT2D eigenvalue weighted by Crippen LogP contribution is 2.28. The van der Waals surface area contributed by atoms with Gasteiger partial charge in [0.1, 0.15) is 0 Å². The van der Waals surface area contributed by atoms with Crippen LogP contribution in [0.5, 0.6) is 0 Å². The molecule has 1 aromatic carbocycles. The zero-order valence-electron chi connectivity index (χ0n) is 12.7. The van der Waals surface area contributed by atoms with E-state index in [1.807, 2.05) is 26.1 Å². The lowest BCUT2D eigenvalue weighted by Crippen LogP contribution is -2.33. The maximum absolute atomic E-state index is 11.1. The van der Waals surface area contributed by atoms with Gasteiger partial charge in [0.2, 0.25) is 0 Å². The van der Waals surface area contributed by atoms with Crippen molar-refractivity contribution < 1.29 is 4.92 Å². The van der Waals surface area contributed by atoms with E-state index < -0.39 is 0 Å². The molecular weight excluding hydrogens is 254 g/mol. The first-order chi connectivity index (χ1) is 9.34. The molecule has 5 heteroatoms. The monoisotopic (exact) mass is 279 g/mol. The van der Waals surface area contributed by atoms with Crippen molar-refractivity contribution in [3.8, 4) is 0 Å². The molecule has 2 atom stereocenters. The number of para-hydroxylation sites is 1. The van der Waals surface area contributed by atoms with Crippen molar-refractivity contribution in [3.05, 3.63) is 39.9 Å². The molecule has 0 radical (unpaired) electrons. The summed E-state index contributed by atoms with van der Waals surface area (Å²) in [7, 11) is 1.98. The fraction of sp³-hybridized carbons (Fsp3) is 0.600. The number of benzene rings is 1. The summed E-state index contributed by atoms with van der Waals surface area (Å²) in [6.45, 7) is 7.03. The fourth-order valence-corrected chi connectivity index (χ4v) is 2.12. The van der Waals surface area contributed by atoms with Crippen LogP contribution in [0, 0.1) is 16.0 Å². The van der Waals surface area contributed by atoms with Gasteiger partial charge in [-0.1, -0.05) is 32.0 Å². The third-order valence-electron chi connectivity index (χ3n) is 3.92. The van der Waals surface area contributed by atoms with E-state index in [1.165, 1.54) is 0 Å². The van der Waals surface area contributed by atoms with Gasteiger partial charge in [-0.25, -0.2) is 0 Å². The minimum absolute atomic E-state index is 0.00374. The fourth-order valence-electron chi connectivity index (χ4n) is 2.12. The SMILES string of the molecule is CC(C)C(N)CCN(C)C(C)c1ccccc1[N+](=O)[O-]. The predicted octanol–water partition coefficient (Wildman–Crippen LogP) is 2.96. The Kier molecular flexibility index (Phi) is 6.10. The normalized spacial score (nSPS) is 14.6. The molecule has 2 unspecified atom stereocenters. The molecule has 20 heavy (non-hydrogen) atoms. The summed E-state index contributed by atoms with van der Waals surface area (Å²) >= 11 is 0. The Morgan fingerprint density at radius 1 is 1.30 bits per heavy atom. The molecule has 0 saturated carbocycles. The van der Waals surface area contributed by atoms with Crippen LogP contribution >= 0.6 is 0 Å². The van der Waals surface area contributed by atoms with Gasteiger partial charge in [-0.3, -0.25) is 15.0 Å². The average Bonchev–Trinajstić information content (AvgIpc) is 2.43. The number of nitrogens with two attached hydrogens (primary N) is 1. The standard InChI is InChI=1S/C15H25N3O2/c1-11(2)14(16)9-10-17(4)12(3)13-7-5-6-8-15(13)18(19)20/h5-8,11-12,14H,9-10,16H2,1-4H3. The first-order valence-corrected chi connectivity index (χ1v) is 7.03. The van der Waals surface area contributed by atoms with Crippen LogP contribution in [0.3, 0.4) is 0 Å². The number of rotatable bonds is 7. The van der Waals surface area contributed by atoms with Crippen molar-refractivity contribution in [3.63, 3.8) is 0 Å². The van der Waals surface area contributed by atoms with Gasteiger partial charge in [-0.2, -0.15) is 0 Å². The maximum atomic E-state index is 11.1. The van der Waals surface area contributed by atoms with E-state index in [9.17, 15) is 10.1 Å². The lowest BCUT2D eigenvalue weighted by molar-refractivity contribution is -0.385. The maximum Gasteiger partial charge on any atom is 0.274 e. The molecule has 0 amide bonds. The second-order valence-corrected chi connectivity index (χ2v) is 5.67. The summed E-state index contributed by atoms with van der Waals surface area (Å²) in [5, 5.41) is 11.1. The smallest absolute Gasteiger partial charge is 0.274 e. The summed E-state index contributed by atoms with van der Waals surface area (Å²) in [4.78, 5) is 12.9. The molecule has 0 spiro atoms. The summed E-state index contributed by atoms with van der Waals surface area (Å²) in [5.74, 6) is 0.449. The zero-order valence-corrected chi connectivity index (χ0v) is 12.7. The molecule has 112 valence electrons. The molecular formula is C15H25N3O2. The molecule has 0 bridgehead atoms. The molecule has 2 N–H and O–H groups in total. The first kappa shape index (κ1) is 16.6. The third kappa shape index (κ3) is 4.28. The molecule has 0 fully saturated rings.